The first-order valence-corrected chi connectivity index (χ1v) is 9.75. The maximum atomic E-state index is 5.89. The Kier molecular flexibility index (Phi) is 4.20. The first kappa shape index (κ1) is 16.0. The van der Waals surface area contributed by atoms with Gasteiger partial charge in [0.1, 0.15) is 18.1 Å². The molecule has 5 rings (SSSR count). The SMILES string of the molecule is c1cnc2nc(Oc3ccc(OCCN4C[C@H]5C[C@@H]4CN5)cc3)sc2c1. The number of rotatable bonds is 6. The van der Waals surface area contributed by atoms with Crippen molar-refractivity contribution in [1.82, 2.24) is 20.2 Å². The van der Waals surface area contributed by atoms with Crippen LogP contribution >= 0.6 is 11.3 Å². The van der Waals surface area contributed by atoms with Gasteiger partial charge in [0.15, 0.2) is 5.65 Å². The third kappa shape index (κ3) is 3.25. The molecule has 2 aromatic heterocycles. The van der Waals surface area contributed by atoms with Gasteiger partial charge in [0.2, 0.25) is 0 Å². The fourth-order valence-electron chi connectivity index (χ4n) is 3.70. The number of aromatic nitrogens is 2. The highest BCUT2D eigenvalue weighted by atomic mass is 32.1. The highest BCUT2D eigenvalue weighted by Gasteiger charge is 2.36. The molecular formula is C19H20N4O2S. The minimum atomic E-state index is 0.602. The van der Waals surface area contributed by atoms with Crippen molar-refractivity contribution in [2.45, 2.75) is 18.5 Å². The summed E-state index contributed by atoms with van der Waals surface area (Å²) >= 11 is 1.49. The minimum absolute atomic E-state index is 0.602. The highest BCUT2D eigenvalue weighted by molar-refractivity contribution is 7.20. The van der Waals surface area contributed by atoms with E-state index in [0.29, 0.717) is 23.9 Å². The van der Waals surface area contributed by atoms with Crippen molar-refractivity contribution >= 4 is 21.7 Å². The van der Waals surface area contributed by atoms with E-state index in [1.165, 1.54) is 17.8 Å². The van der Waals surface area contributed by atoms with Gasteiger partial charge >= 0.3 is 0 Å². The normalized spacial score (nSPS) is 22.2. The van der Waals surface area contributed by atoms with Crippen molar-refractivity contribution in [1.29, 1.82) is 0 Å². The molecule has 2 atom stereocenters. The van der Waals surface area contributed by atoms with Crippen LogP contribution in [0.5, 0.6) is 16.7 Å². The fourth-order valence-corrected chi connectivity index (χ4v) is 4.49. The summed E-state index contributed by atoms with van der Waals surface area (Å²) in [6, 6.07) is 13.0. The summed E-state index contributed by atoms with van der Waals surface area (Å²) in [6.45, 7) is 3.97. The molecule has 26 heavy (non-hydrogen) atoms. The summed E-state index contributed by atoms with van der Waals surface area (Å²) in [7, 11) is 0. The van der Waals surface area contributed by atoms with Gasteiger partial charge in [-0.15, -0.1) is 0 Å². The number of pyridine rings is 1. The van der Waals surface area contributed by atoms with Crippen LogP contribution < -0.4 is 14.8 Å². The van der Waals surface area contributed by atoms with Gasteiger partial charge in [-0.05, 0) is 42.8 Å². The predicted octanol–water partition coefficient (Wildman–Crippen LogP) is 2.91. The zero-order valence-corrected chi connectivity index (χ0v) is 15.1. The highest BCUT2D eigenvalue weighted by Crippen LogP contribution is 2.31. The average molecular weight is 368 g/mol. The molecule has 0 amide bonds. The summed E-state index contributed by atoms with van der Waals surface area (Å²) in [5.41, 5.74) is 0.721. The molecule has 7 heteroatoms. The van der Waals surface area contributed by atoms with Crippen molar-refractivity contribution < 1.29 is 9.47 Å². The van der Waals surface area contributed by atoms with E-state index in [1.54, 1.807) is 6.20 Å². The number of benzene rings is 1. The van der Waals surface area contributed by atoms with Gasteiger partial charge in [-0.1, -0.05) is 11.3 Å². The third-order valence-corrected chi connectivity index (χ3v) is 5.88. The zero-order chi connectivity index (χ0) is 17.3. The number of piperazine rings is 1. The van der Waals surface area contributed by atoms with Gasteiger partial charge in [0.05, 0.1) is 4.70 Å². The number of nitrogens with zero attached hydrogens (tertiary/aromatic N) is 3. The first-order chi connectivity index (χ1) is 12.8. The van der Waals surface area contributed by atoms with Gasteiger partial charge in [-0.25, -0.2) is 4.98 Å². The van der Waals surface area contributed by atoms with Crippen molar-refractivity contribution in [3.63, 3.8) is 0 Å². The number of likely N-dealkylation sites (tertiary alicyclic amines) is 1. The predicted molar refractivity (Wildman–Crippen MR) is 101 cm³/mol. The Bertz CT molecular complexity index is 865. The van der Waals surface area contributed by atoms with E-state index >= 15 is 0 Å². The van der Waals surface area contributed by atoms with Gasteiger partial charge in [0, 0.05) is 37.9 Å². The lowest BCUT2D eigenvalue weighted by Crippen LogP contribution is -2.45. The Labute approximate surface area is 155 Å². The van der Waals surface area contributed by atoms with E-state index in [-0.39, 0.29) is 0 Å². The van der Waals surface area contributed by atoms with Crippen LogP contribution in [0, 0.1) is 0 Å². The van der Waals surface area contributed by atoms with Gasteiger partial charge in [-0.2, -0.15) is 4.98 Å². The van der Waals surface area contributed by atoms with Crippen LogP contribution in [0.2, 0.25) is 0 Å². The van der Waals surface area contributed by atoms with Gasteiger partial charge in [0.25, 0.3) is 5.19 Å². The van der Waals surface area contributed by atoms with E-state index in [9.17, 15) is 0 Å². The Balaban J connectivity index is 1.15. The standard InChI is InChI=1S/C19H20N4O2S/c1-2-17-18(20-7-1)22-19(26-17)25-16-5-3-15(4-6-16)24-9-8-23-12-13-10-14(23)11-21-13/h1-7,13-14,21H,8-12H2/t13-,14-/m1/s1. The average Bonchev–Trinajstić information content (AvgIpc) is 3.38. The molecule has 0 spiro atoms. The molecule has 2 aliphatic heterocycles. The van der Waals surface area contributed by atoms with Gasteiger partial charge in [-0.3, -0.25) is 4.90 Å². The molecule has 0 radical (unpaired) electrons. The van der Waals surface area contributed by atoms with Gasteiger partial charge < -0.3 is 14.8 Å². The lowest BCUT2D eigenvalue weighted by Gasteiger charge is -2.26. The number of fused-ring (bicyclic) bond motifs is 3. The summed E-state index contributed by atoms with van der Waals surface area (Å²) in [5.74, 6) is 1.62. The molecule has 2 fully saturated rings. The van der Waals surface area contributed by atoms with Crippen LogP contribution in [0.15, 0.2) is 42.6 Å². The molecule has 2 bridgehead atoms. The Morgan fingerprint density at radius 2 is 2.08 bits per heavy atom. The molecule has 0 aliphatic carbocycles. The van der Waals surface area contributed by atoms with E-state index in [4.69, 9.17) is 9.47 Å². The number of hydrogen-bond donors (Lipinski definition) is 1. The molecule has 1 N–H and O–H groups in total. The molecule has 1 aromatic carbocycles. The molecule has 0 saturated carbocycles. The quantitative estimate of drug-likeness (QED) is 0.722. The molecule has 3 aromatic rings. The molecule has 2 aliphatic rings. The largest absolute Gasteiger partial charge is 0.492 e. The maximum absolute atomic E-state index is 5.89. The van der Waals surface area contributed by atoms with Crippen molar-refractivity contribution in [3.05, 3.63) is 42.6 Å². The van der Waals surface area contributed by atoms with Crippen LogP contribution in [-0.4, -0.2) is 53.2 Å². The Morgan fingerprint density at radius 3 is 2.85 bits per heavy atom. The van der Waals surface area contributed by atoms with Crippen LogP contribution in [-0.2, 0) is 0 Å². The van der Waals surface area contributed by atoms with E-state index in [2.05, 4.69) is 20.2 Å². The summed E-state index contributed by atoms with van der Waals surface area (Å²) < 4.78 is 12.7. The van der Waals surface area contributed by atoms with E-state index in [1.807, 2.05) is 36.4 Å². The molecule has 2 saturated heterocycles. The Hall–Kier alpha value is -2.22. The number of ether oxygens (including phenoxy) is 2. The minimum Gasteiger partial charge on any atom is -0.492 e. The number of hydrogen-bond acceptors (Lipinski definition) is 7. The second kappa shape index (κ2) is 6.83. The second-order valence-electron chi connectivity index (χ2n) is 6.72. The molecule has 6 nitrogen and oxygen atoms in total. The monoisotopic (exact) mass is 368 g/mol. The first-order valence-electron chi connectivity index (χ1n) is 8.93. The van der Waals surface area contributed by atoms with Crippen LogP contribution in [0.3, 0.4) is 0 Å². The number of thiazole rings is 1. The molecular weight excluding hydrogens is 348 g/mol. The summed E-state index contributed by atoms with van der Waals surface area (Å²) in [6.07, 6.45) is 3.02. The number of nitrogens with one attached hydrogen (secondary N) is 1. The summed E-state index contributed by atoms with van der Waals surface area (Å²) in [5, 5.41) is 4.13. The van der Waals surface area contributed by atoms with Crippen LogP contribution in [0.1, 0.15) is 6.42 Å². The zero-order valence-electron chi connectivity index (χ0n) is 14.3. The van der Waals surface area contributed by atoms with Crippen LogP contribution in [0.4, 0.5) is 0 Å². The second-order valence-corrected chi connectivity index (χ2v) is 7.71. The lowest BCUT2D eigenvalue weighted by atomic mass is 10.2. The molecule has 4 heterocycles. The summed E-state index contributed by atoms with van der Waals surface area (Å²) in [4.78, 5) is 11.1. The van der Waals surface area contributed by atoms with E-state index < -0.39 is 0 Å². The maximum Gasteiger partial charge on any atom is 0.281 e. The molecule has 134 valence electrons. The third-order valence-electron chi connectivity index (χ3n) is 4.99. The topological polar surface area (TPSA) is 59.5 Å². The van der Waals surface area contributed by atoms with Crippen LogP contribution in [0.25, 0.3) is 10.3 Å². The smallest absolute Gasteiger partial charge is 0.281 e. The van der Waals surface area contributed by atoms with E-state index in [0.717, 1.165) is 41.5 Å². The van der Waals surface area contributed by atoms with Crippen molar-refractivity contribution in [3.8, 4) is 16.7 Å². The molecule has 0 unspecified atom stereocenters. The van der Waals surface area contributed by atoms with Crippen molar-refractivity contribution in [2.24, 2.45) is 0 Å². The Morgan fingerprint density at radius 1 is 1.19 bits per heavy atom. The fraction of sp³-hybridized carbons (Fsp3) is 0.368. The lowest BCUT2D eigenvalue weighted by molar-refractivity contribution is 0.180. The van der Waals surface area contributed by atoms with Crippen molar-refractivity contribution in [2.75, 3.05) is 26.2 Å².